The zero-order chi connectivity index (χ0) is 22.0. The fourth-order valence-corrected chi connectivity index (χ4v) is 4.09. The molecule has 160 valence electrons. The van der Waals surface area contributed by atoms with Crippen LogP contribution in [0.4, 0.5) is 5.69 Å². The zero-order valence-electron chi connectivity index (χ0n) is 17.0. The van der Waals surface area contributed by atoms with E-state index in [1.165, 1.54) is 0 Å². The van der Waals surface area contributed by atoms with Gasteiger partial charge in [-0.05, 0) is 49.6 Å². The van der Waals surface area contributed by atoms with E-state index in [2.05, 4.69) is 10.6 Å². The molecule has 4 rings (SSSR count). The molecule has 0 aliphatic carbocycles. The standard InChI is InChI=1S/C23H24N4O4/c24-12-4-7-18(14-5-2-1-3-6-14)25-15-8-9-16-17(13-15)23(31)27(22(16)30)19-10-11-20(28)26-21(19)29/h1-3,5-6,8-9,13,18-19,25H,4,7,10-12,24H2,(H,26,28,29). The molecular formula is C23H24N4O4. The lowest BCUT2D eigenvalue weighted by atomic mass is 10.0. The van der Waals surface area contributed by atoms with Crippen LogP contribution in [-0.4, -0.2) is 41.1 Å². The Morgan fingerprint density at radius 1 is 1.03 bits per heavy atom. The predicted molar refractivity (Wildman–Crippen MR) is 114 cm³/mol. The molecule has 31 heavy (non-hydrogen) atoms. The molecule has 0 radical (unpaired) electrons. The SMILES string of the molecule is NCCCC(Nc1ccc2c(c1)C(=O)N(C1CCC(=O)NC1=O)C2=O)c1ccccc1. The molecule has 2 aliphatic heterocycles. The number of hydrogen-bond donors (Lipinski definition) is 3. The van der Waals surface area contributed by atoms with E-state index in [1.807, 2.05) is 30.3 Å². The van der Waals surface area contributed by atoms with Crippen LogP contribution in [0.25, 0.3) is 0 Å². The number of amides is 4. The van der Waals surface area contributed by atoms with Crippen LogP contribution in [-0.2, 0) is 9.59 Å². The maximum absolute atomic E-state index is 13.0. The molecule has 2 unspecified atom stereocenters. The molecule has 2 heterocycles. The van der Waals surface area contributed by atoms with Gasteiger partial charge in [0.2, 0.25) is 11.8 Å². The van der Waals surface area contributed by atoms with E-state index < -0.39 is 29.7 Å². The van der Waals surface area contributed by atoms with Crippen LogP contribution in [0, 0.1) is 0 Å². The van der Waals surface area contributed by atoms with Crippen LogP contribution in [0.1, 0.15) is 58.0 Å². The van der Waals surface area contributed by atoms with Crippen LogP contribution < -0.4 is 16.4 Å². The monoisotopic (exact) mass is 420 g/mol. The van der Waals surface area contributed by atoms with Gasteiger partial charge in [0.1, 0.15) is 6.04 Å². The summed E-state index contributed by atoms with van der Waals surface area (Å²) in [5.74, 6) is -2.04. The molecule has 2 aromatic carbocycles. The van der Waals surface area contributed by atoms with Crippen molar-refractivity contribution in [3.63, 3.8) is 0 Å². The molecule has 2 atom stereocenters. The molecule has 0 spiro atoms. The van der Waals surface area contributed by atoms with Crippen LogP contribution in [0.5, 0.6) is 0 Å². The lowest BCUT2D eigenvalue weighted by Crippen LogP contribution is -2.54. The summed E-state index contributed by atoms with van der Waals surface area (Å²) in [6.45, 7) is 0.573. The number of hydrogen-bond acceptors (Lipinski definition) is 6. The van der Waals surface area contributed by atoms with Gasteiger partial charge in [-0.1, -0.05) is 30.3 Å². The predicted octanol–water partition coefficient (Wildman–Crippen LogP) is 1.98. The molecule has 1 saturated heterocycles. The fraction of sp³-hybridized carbons (Fsp3) is 0.304. The highest BCUT2D eigenvalue weighted by atomic mass is 16.2. The average Bonchev–Trinajstić information content (AvgIpc) is 3.02. The van der Waals surface area contributed by atoms with Crippen molar-refractivity contribution in [1.82, 2.24) is 10.2 Å². The number of rotatable bonds is 7. The molecule has 4 N–H and O–H groups in total. The van der Waals surface area contributed by atoms with Crippen molar-refractivity contribution in [2.24, 2.45) is 5.73 Å². The number of imide groups is 2. The second-order valence-electron chi connectivity index (χ2n) is 7.75. The van der Waals surface area contributed by atoms with E-state index in [1.54, 1.807) is 18.2 Å². The summed E-state index contributed by atoms with van der Waals surface area (Å²) in [5.41, 5.74) is 8.02. The van der Waals surface area contributed by atoms with Crippen molar-refractivity contribution in [3.8, 4) is 0 Å². The highest BCUT2D eigenvalue weighted by Gasteiger charge is 2.44. The number of nitrogens with two attached hydrogens (primary N) is 1. The summed E-state index contributed by atoms with van der Waals surface area (Å²) in [6, 6.07) is 14.0. The molecule has 1 fully saturated rings. The van der Waals surface area contributed by atoms with Crippen molar-refractivity contribution >= 4 is 29.3 Å². The van der Waals surface area contributed by atoms with E-state index in [9.17, 15) is 19.2 Å². The van der Waals surface area contributed by atoms with E-state index in [0.717, 1.165) is 23.3 Å². The normalized spacial score (nSPS) is 19.3. The third kappa shape index (κ3) is 4.06. The molecule has 8 nitrogen and oxygen atoms in total. The first-order valence-corrected chi connectivity index (χ1v) is 10.4. The van der Waals surface area contributed by atoms with Crippen molar-refractivity contribution in [1.29, 1.82) is 0 Å². The van der Waals surface area contributed by atoms with Crippen molar-refractivity contribution in [2.45, 2.75) is 37.8 Å². The van der Waals surface area contributed by atoms with Gasteiger partial charge in [-0.15, -0.1) is 0 Å². The van der Waals surface area contributed by atoms with Gasteiger partial charge in [0.15, 0.2) is 0 Å². The average molecular weight is 420 g/mol. The van der Waals surface area contributed by atoms with Gasteiger partial charge >= 0.3 is 0 Å². The highest BCUT2D eigenvalue weighted by molar-refractivity contribution is 6.23. The van der Waals surface area contributed by atoms with Crippen molar-refractivity contribution in [2.75, 3.05) is 11.9 Å². The lowest BCUT2D eigenvalue weighted by Gasteiger charge is -2.27. The van der Waals surface area contributed by atoms with Gasteiger partial charge in [-0.2, -0.15) is 0 Å². The number of benzene rings is 2. The van der Waals surface area contributed by atoms with Gasteiger partial charge in [0, 0.05) is 12.1 Å². The minimum absolute atomic E-state index is 0.00115. The Hall–Kier alpha value is -3.52. The summed E-state index contributed by atoms with van der Waals surface area (Å²) in [6.07, 6.45) is 1.87. The number of nitrogens with zero attached hydrogens (tertiary/aromatic N) is 1. The second kappa shape index (κ2) is 8.69. The quantitative estimate of drug-likeness (QED) is 0.589. The Bertz CT molecular complexity index is 1040. The first kappa shape index (κ1) is 20.7. The van der Waals surface area contributed by atoms with Crippen LogP contribution in [0.15, 0.2) is 48.5 Å². The third-order valence-electron chi connectivity index (χ3n) is 5.68. The molecule has 2 aliphatic rings. The first-order chi connectivity index (χ1) is 15.0. The van der Waals surface area contributed by atoms with Gasteiger partial charge in [-0.3, -0.25) is 29.4 Å². The maximum atomic E-state index is 13.0. The number of fused-ring (bicyclic) bond motifs is 1. The molecule has 2 aromatic rings. The van der Waals surface area contributed by atoms with Crippen LogP contribution >= 0.6 is 0 Å². The summed E-state index contributed by atoms with van der Waals surface area (Å²) in [4.78, 5) is 50.4. The Labute approximate surface area is 179 Å². The van der Waals surface area contributed by atoms with E-state index in [0.29, 0.717) is 12.2 Å². The van der Waals surface area contributed by atoms with E-state index >= 15 is 0 Å². The first-order valence-electron chi connectivity index (χ1n) is 10.4. The fourth-order valence-electron chi connectivity index (χ4n) is 4.09. The van der Waals surface area contributed by atoms with Crippen LogP contribution in [0.2, 0.25) is 0 Å². The number of piperidine rings is 1. The van der Waals surface area contributed by atoms with E-state index in [-0.39, 0.29) is 30.0 Å². The minimum Gasteiger partial charge on any atom is -0.378 e. The Balaban J connectivity index is 1.58. The smallest absolute Gasteiger partial charge is 0.262 e. The number of carbonyl (C=O) groups is 4. The van der Waals surface area contributed by atoms with Gasteiger partial charge in [-0.25, -0.2) is 0 Å². The third-order valence-corrected chi connectivity index (χ3v) is 5.68. The Kier molecular flexibility index (Phi) is 5.81. The van der Waals surface area contributed by atoms with Crippen molar-refractivity contribution < 1.29 is 19.2 Å². The van der Waals surface area contributed by atoms with Crippen molar-refractivity contribution in [3.05, 3.63) is 65.2 Å². The van der Waals surface area contributed by atoms with Crippen LogP contribution in [0.3, 0.4) is 0 Å². The molecule has 4 amide bonds. The Morgan fingerprint density at radius 2 is 1.77 bits per heavy atom. The lowest BCUT2D eigenvalue weighted by molar-refractivity contribution is -0.136. The molecular weight excluding hydrogens is 396 g/mol. The molecule has 8 heteroatoms. The molecule has 0 aromatic heterocycles. The van der Waals surface area contributed by atoms with E-state index in [4.69, 9.17) is 5.73 Å². The topological polar surface area (TPSA) is 122 Å². The number of nitrogens with one attached hydrogen (secondary N) is 2. The maximum Gasteiger partial charge on any atom is 0.262 e. The zero-order valence-corrected chi connectivity index (χ0v) is 17.0. The summed E-state index contributed by atoms with van der Waals surface area (Å²) in [7, 11) is 0. The number of anilines is 1. The highest BCUT2D eigenvalue weighted by Crippen LogP contribution is 2.31. The largest absolute Gasteiger partial charge is 0.378 e. The Morgan fingerprint density at radius 3 is 2.48 bits per heavy atom. The summed E-state index contributed by atoms with van der Waals surface area (Å²) >= 11 is 0. The summed E-state index contributed by atoms with van der Waals surface area (Å²) in [5, 5.41) is 5.65. The van der Waals surface area contributed by atoms with Gasteiger partial charge in [0.05, 0.1) is 17.2 Å². The molecule has 0 bridgehead atoms. The minimum atomic E-state index is -0.969. The van der Waals surface area contributed by atoms with Gasteiger partial charge < -0.3 is 11.1 Å². The van der Waals surface area contributed by atoms with Gasteiger partial charge in [0.25, 0.3) is 11.8 Å². The second-order valence-corrected chi connectivity index (χ2v) is 7.75. The summed E-state index contributed by atoms with van der Waals surface area (Å²) < 4.78 is 0. The number of carbonyl (C=O) groups excluding carboxylic acids is 4. The molecule has 0 saturated carbocycles.